The van der Waals surface area contributed by atoms with Crippen molar-refractivity contribution in [1.29, 1.82) is 0 Å². The highest BCUT2D eigenvalue weighted by molar-refractivity contribution is 5.86. The number of unbranched alkanes of at least 4 members (excludes halogenated alkanes) is 1. The number of aryl methyl sites for hydroxylation is 1. The number of hydrogen-bond donors (Lipinski definition) is 1. The Bertz CT molecular complexity index is 297. The second-order valence-electron chi connectivity index (χ2n) is 2.92. The van der Waals surface area contributed by atoms with Gasteiger partial charge in [0.15, 0.2) is 5.69 Å². The fourth-order valence-corrected chi connectivity index (χ4v) is 1.20. The second kappa shape index (κ2) is 4.60. The van der Waals surface area contributed by atoms with E-state index in [1.54, 1.807) is 6.07 Å². The zero-order valence-electron chi connectivity index (χ0n) is 7.66. The maximum absolute atomic E-state index is 10.7. The summed E-state index contributed by atoms with van der Waals surface area (Å²) in [6.45, 7) is 2.08. The van der Waals surface area contributed by atoms with Gasteiger partial charge in [-0.3, -0.25) is 0 Å². The molecule has 13 heavy (non-hydrogen) atoms. The summed E-state index contributed by atoms with van der Waals surface area (Å²) in [7, 11) is 0. The first-order chi connectivity index (χ1) is 6.25. The fourth-order valence-electron chi connectivity index (χ4n) is 1.20. The quantitative estimate of drug-likeness (QED) is 0.770. The number of pyridine rings is 1. The van der Waals surface area contributed by atoms with Crippen LogP contribution in [0.1, 0.15) is 35.8 Å². The van der Waals surface area contributed by atoms with Crippen LogP contribution in [0.25, 0.3) is 0 Å². The van der Waals surface area contributed by atoms with Crippen LogP contribution in [0.4, 0.5) is 0 Å². The number of aromatic carboxylic acids is 1. The summed E-state index contributed by atoms with van der Waals surface area (Å²) in [5, 5.41) is 8.80. The summed E-state index contributed by atoms with van der Waals surface area (Å²) < 4.78 is 0. The standard InChI is InChI=1S/C10H13NO2/c1-2-3-5-8-6-4-7-11-9(8)10(12)13/h4,6-7H,2-3,5H2,1H3,(H,12,13). The van der Waals surface area contributed by atoms with Crippen LogP contribution in [0.3, 0.4) is 0 Å². The predicted molar refractivity (Wildman–Crippen MR) is 49.8 cm³/mol. The van der Waals surface area contributed by atoms with Gasteiger partial charge in [-0.2, -0.15) is 0 Å². The fraction of sp³-hybridized carbons (Fsp3) is 0.400. The molecule has 1 aromatic heterocycles. The zero-order valence-corrected chi connectivity index (χ0v) is 7.66. The van der Waals surface area contributed by atoms with E-state index in [1.165, 1.54) is 6.20 Å². The minimum absolute atomic E-state index is 0.191. The van der Waals surface area contributed by atoms with Gasteiger partial charge in [-0.05, 0) is 24.5 Å². The van der Waals surface area contributed by atoms with Crippen molar-refractivity contribution >= 4 is 5.97 Å². The third kappa shape index (κ3) is 2.54. The highest BCUT2D eigenvalue weighted by atomic mass is 16.4. The summed E-state index contributed by atoms with van der Waals surface area (Å²) in [6, 6.07) is 3.60. The van der Waals surface area contributed by atoms with Gasteiger partial charge in [0, 0.05) is 6.20 Å². The van der Waals surface area contributed by atoms with Crippen molar-refractivity contribution in [3.63, 3.8) is 0 Å². The molecule has 0 spiro atoms. The van der Waals surface area contributed by atoms with Crippen LogP contribution >= 0.6 is 0 Å². The van der Waals surface area contributed by atoms with E-state index in [9.17, 15) is 4.79 Å². The third-order valence-electron chi connectivity index (χ3n) is 1.89. The molecule has 0 aromatic carbocycles. The molecule has 1 N–H and O–H groups in total. The Morgan fingerprint density at radius 1 is 1.62 bits per heavy atom. The van der Waals surface area contributed by atoms with Crippen LogP contribution in [0.5, 0.6) is 0 Å². The van der Waals surface area contributed by atoms with Gasteiger partial charge in [-0.1, -0.05) is 19.4 Å². The second-order valence-corrected chi connectivity index (χ2v) is 2.92. The summed E-state index contributed by atoms with van der Waals surface area (Å²) in [6.07, 6.45) is 4.38. The predicted octanol–water partition coefficient (Wildman–Crippen LogP) is 2.12. The molecule has 1 aromatic rings. The van der Waals surface area contributed by atoms with E-state index < -0.39 is 5.97 Å². The molecule has 0 aliphatic heterocycles. The molecule has 3 nitrogen and oxygen atoms in total. The van der Waals surface area contributed by atoms with Crippen molar-refractivity contribution in [2.45, 2.75) is 26.2 Å². The largest absolute Gasteiger partial charge is 0.477 e. The van der Waals surface area contributed by atoms with E-state index in [2.05, 4.69) is 11.9 Å². The van der Waals surface area contributed by atoms with E-state index in [1.807, 2.05) is 6.07 Å². The summed E-state index contributed by atoms with van der Waals surface area (Å²) >= 11 is 0. The Morgan fingerprint density at radius 3 is 3.00 bits per heavy atom. The number of nitrogens with zero attached hydrogens (tertiary/aromatic N) is 1. The molecule has 0 radical (unpaired) electrons. The van der Waals surface area contributed by atoms with Crippen LogP contribution in [0.2, 0.25) is 0 Å². The summed E-state index contributed by atoms with van der Waals surface area (Å²) in [4.78, 5) is 14.6. The van der Waals surface area contributed by atoms with Gasteiger partial charge in [0.05, 0.1) is 0 Å². The molecule has 0 aliphatic carbocycles. The molecular weight excluding hydrogens is 166 g/mol. The van der Waals surface area contributed by atoms with E-state index in [0.29, 0.717) is 0 Å². The lowest BCUT2D eigenvalue weighted by atomic mass is 10.1. The van der Waals surface area contributed by atoms with Gasteiger partial charge in [-0.25, -0.2) is 9.78 Å². The Labute approximate surface area is 77.4 Å². The number of carbonyl (C=O) groups is 1. The Morgan fingerprint density at radius 2 is 2.38 bits per heavy atom. The van der Waals surface area contributed by atoms with Crippen molar-refractivity contribution in [2.75, 3.05) is 0 Å². The highest BCUT2D eigenvalue weighted by Gasteiger charge is 2.09. The van der Waals surface area contributed by atoms with Gasteiger partial charge >= 0.3 is 5.97 Å². The van der Waals surface area contributed by atoms with Gasteiger partial charge in [0.25, 0.3) is 0 Å². The molecule has 0 aliphatic rings. The lowest BCUT2D eigenvalue weighted by Gasteiger charge is -2.02. The molecule has 0 unspecified atom stereocenters. The van der Waals surface area contributed by atoms with Crippen LogP contribution in [0, 0.1) is 0 Å². The van der Waals surface area contributed by atoms with Gasteiger partial charge < -0.3 is 5.11 Å². The molecule has 0 saturated carbocycles. The minimum atomic E-state index is -0.938. The van der Waals surface area contributed by atoms with Gasteiger partial charge in [0.1, 0.15) is 0 Å². The van der Waals surface area contributed by atoms with Crippen molar-refractivity contribution in [3.05, 3.63) is 29.6 Å². The van der Waals surface area contributed by atoms with Crippen molar-refractivity contribution in [1.82, 2.24) is 4.98 Å². The lowest BCUT2D eigenvalue weighted by molar-refractivity contribution is 0.0689. The van der Waals surface area contributed by atoms with Crippen molar-refractivity contribution in [3.8, 4) is 0 Å². The molecule has 0 saturated heterocycles. The van der Waals surface area contributed by atoms with Crippen molar-refractivity contribution in [2.24, 2.45) is 0 Å². The average molecular weight is 179 g/mol. The number of hydrogen-bond acceptors (Lipinski definition) is 2. The third-order valence-corrected chi connectivity index (χ3v) is 1.89. The molecule has 1 rings (SSSR count). The van der Waals surface area contributed by atoms with E-state index in [0.717, 1.165) is 24.8 Å². The number of carboxylic acid groups (broad SMARTS) is 1. The first-order valence-electron chi connectivity index (χ1n) is 4.43. The van der Waals surface area contributed by atoms with Crippen LogP contribution in [0.15, 0.2) is 18.3 Å². The van der Waals surface area contributed by atoms with Crippen molar-refractivity contribution < 1.29 is 9.90 Å². The first kappa shape index (κ1) is 9.71. The van der Waals surface area contributed by atoms with Crippen LogP contribution < -0.4 is 0 Å². The topological polar surface area (TPSA) is 50.2 Å². The SMILES string of the molecule is CCCCc1cccnc1C(=O)O. The average Bonchev–Trinajstić information content (AvgIpc) is 2.15. The monoisotopic (exact) mass is 179 g/mol. The van der Waals surface area contributed by atoms with E-state index in [4.69, 9.17) is 5.11 Å². The first-order valence-corrected chi connectivity index (χ1v) is 4.43. The highest BCUT2D eigenvalue weighted by Crippen LogP contribution is 2.09. The summed E-state index contributed by atoms with van der Waals surface area (Å²) in [5.41, 5.74) is 1.02. The Balaban J connectivity index is 2.84. The molecule has 0 amide bonds. The van der Waals surface area contributed by atoms with E-state index >= 15 is 0 Å². The molecule has 0 bridgehead atoms. The van der Waals surface area contributed by atoms with Crippen LogP contribution in [-0.2, 0) is 6.42 Å². The van der Waals surface area contributed by atoms with E-state index in [-0.39, 0.29) is 5.69 Å². The Hall–Kier alpha value is -1.38. The maximum Gasteiger partial charge on any atom is 0.354 e. The maximum atomic E-state index is 10.7. The molecule has 1 heterocycles. The molecular formula is C10H13NO2. The zero-order chi connectivity index (χ0) is 9.68. The van der Waals surface area contributed by atoms with Gasteiger partial charge in [-0.15, -0.1) is 0 Å². The number of carboxylic acids is 1. The molecule has 0 atom stereocenters. The smallest absolute Gasteiger partial charge is 0.354 e. The molecule has 0 fully saturated rings. The minimum Gasteiger partial charge on any atom is -0.477 e. The molecule has 70 valence electrons. The van der Waals surface area contributed by atoms with Gasteiger partial charge in [0.2, 0.25) is 0 Å². The summed E-state index contributed by atoms with van der Waals surface area (Å²) in [5.74, 6) is -0.938. The molecule has 3 heteroatoms. The Kier molecular flexibility index (Phi) is 3.43. The lowest BCUT2D eigenvalue weighted by Crippen LogP contribution is -2.05. The van der Waals surface area contributed by atoms with Crippen LogP contribution in [-0.4, -0.2) is 16.1 Å². The number of rotatable bonds is 4. The number of aromatic nitrogens is 1. The normalized spacial score (nSPS) is 9.92.